The number of carbonyl (C=O) groups excluding carboxylic acids is 1. The number of carbonyl (C=O) groups is 1. The van der Waals surface area contributed by atoms with Crippen LogP contribution in [0.5, 0.6) is 0 Å². The number of amides is 1. The summed E-state index contributed by atoms with van der Waals surface area (Å²) >= 11 is 1.24. The van der Waals surface area contributed by atoms with E-state index >= 15 is 0 Å². The van der Waals surface area contributed by atoms with Gasteiger partial charge in [-0.2, -0.15) is 0 Å². The number of sulfone groups is 1. The van der Waals surface area contributed by atoms with Gasteiger partial charge in [-0.3, -0.25) is 4.79 Å². The zero-order valence-corrected chi connectivity index (χ0v) is 17.1. The van der Waals surface area contributed by atoms with Gasteiger partial charge in [-0.25, -0.2) is 8.42 Å². The molecular formula is C16H27N3O4S2. The third-order valence-electron chi connectivity index (χ3n) is 4.23. The summed E-state index contributed by atoms with van der Waals surface area (Å²) in [5, 5.41) is 8.01. The van der Waals surface area contributed by atoms with Gasteiger partial charge in [0, 0.05) is 18.5 Å². The minimum absolute atomic E-state index is 0.0386. The van der Waals surface area contributed by atoms with E-state index in [-0.39, 0.29) is 40.7 Å². The highest BCUT2D eigenvalue weighted by atomic mass is 32.2. The molecule has 7 nitrogen and oxygen atoms in total. The smallest absolute Gasteiger partial charge is 0.277 e. The first-order chi connectivity index (χ1) is 11.6. The van der Waals surface area contributed by atoms with Crippen LogP contribution in [0.3, 0.4) is 0 Å². The van der Waals surface area contributed by atoms with Gasteiger partial charge in [0.25, 0.3) is 5.22 Å². The molecule has 0 saturated carbocycles. The second-order valence-corrected chi connectivity index (χ2v) is 10.6. The SMILES string of the molecule is CC(C)N(C(=O)[C@@H](C)Sc1nnc(C[C@@H]2CCS(=O)(=O)C2)o1)C(C)C. The lowest BCUT2D eigenvalue weighted by Gasteiger charge is -2.32. The van der Waals surface area contributed by atoms with E-state index in [1.807, 2.05) is 39.5 Å². The standard InChI is InChI=1S/C16H27N3O4S2/c1-10(2)19(11(3)4)15(20)12(5)24-16-18-17-14(23-16)8-13-6-7-25(21,22)9-13/h10-13H,6-9H2,1-5H3/t12-,13+/m1/s1. The molecule has 0 spiro atoms. The van der Waals surface area contributed by atoms with E-state index in [0.717, 1.165) is 0 Å². The molecule has 2 rings (SSSR count). The Morgan fingerprint density at radius 1 is 1.24 bits per heavy atom. The number of rotatable bonds is 7. The van der Waals surface area contributed by atoms with Crippen molar-refractivity contribution in [2.75, 3.05) is 11.5 Å². The van der Waals surface area contributed by atoms with Gasteiger partial charge in [0.05, 0.1) is 16.8 Å². The van der Waals surface area contributed by atoms with Crippen molar-refractivity contribution >= 4 is 27.5 Å². The van der Waals surface area contributed by atoms with Crippen LogP contribution in [0.4, 0.5) is 0 Å². The average molecular weight is 390 g/mol. The second kappa shape index (κ2) is 8.07. The van der Waals surface area contributed by atoms with E-state index in [2.05, 4.69) is 10.2 Å². The monoisotopic (exact) mass is 389 g/mol. The van der Waals surface area contributed by atoms with Crippen molar-refractivity contribution < 1.29 is 17.6 Å². The molecule has 1 aromatic rings. The Labute approximate surface area is 153 Å². The fourth-order valence-electron chi connectivity index (χ4n) is 3.17. The fraction of sp³-hybridized carbons (Fsp3) is 0.812. The summed E-state index contributed by atoms with van der Waals surface area (Å²) in [4.78, 5) is 14.5. The molecule has 1 aliphatic rings. The molecule has 1 saturated heterocycles. The number of nitrogens with zero attached hydrogens (tertiary/aromatic N) is 3. The van der Waals surface area contributed by atoms with Crippen LogP contribution in [0, 0.1) is 5.92 Å². The molecule has 0 aromatic carbocycles. The van der Waals surface area contributed by atoms with Crippen LogP contribution in [-0.4, -0.2) is 58.3 Å². The predicted molar refractivity (Wildman–Crippen MR) is 97.2 cm³/mol. The van der Waals surface area contributed by atoms with Gasteiger partial charge in [-0.15, -0.1) is 10.2 Å². The topological polar surface area (TPSA) is 93.4 Å². The molecule has 0 N–H and O–H groups in total. The van der Waals surface area contributed by atoms with Crippen molar-refractivity contribution in [3.8, 4) is 0 Å². The molecule has 0 aliphatic carbocycles. The van der Waals surface area contributed by atoms with Gasteiger partial charge in [-0.05, 0) is 47.0 Å². The van der Waals surface area contributed by atoms with Crippen molar-refractivity contribution in [2.24, 2.45) is 5.92 Å². The summed E-state index contributed by atoms with van der Waals surface area (Å²) in [6.07, 6.45) is 1.11. The Kier molecular flexibility index (Phi) is 6.53. The Hall–Kier alpha value is -1.09. The van der Waals surface area contributed by atoms with E-state index in [0.29, 0.717) is 24.0 Å². The van der Waals surface area contributed by atoms with Crippen LogP contribution in [0.1, 0.15) is 46.9 Å². The maximum Gasteiger partial charge on any atom is 0.277 e. The van der Waals surface area contributed by atoms with Crippen LogP contribution in [0.15, 0.2) is 9.64 Å². The highest BCUT2D eigenvalue weighted by Crippen LogP contribution is 2.27. The van der Waals surface area contributed by atoms with Gasteiger partial charge in [-0.1, -0.05) is 11.8 Å². The van der Waals surface area contributed by atoms with Crippen LogP contribution >= 0.6 is 11.8 Å². The zero-order valence-electron chi connectivity index (χ0n) is 15.4. The van der Waals surface area contributed by atoms with Crippen LogP contribution in [0.25, 0.3) is 0 Å². The van der Waals surface area contributed by atoms with Crippen LogP contribution in [-0.2, 0) is 21.1 Å². The molecule has 0 radical (unpaired) electrons. The molecule has 142 valence electrons. The van der Waals surface area contributed by atoms with E-state index in [4.69, 9.17) is 4.42 Å². The Bertz CT molecular complexity index is 692. The number of aromatic nitrogens is 2. The average Bonchev–Trinajstić information content (AvgIpc) is 3.04. The fourth-order valence-corrected chi connectivity index (χ4v) is 5.78. The zero-order chi connectivity index (χ0) is 18.8. The van der Waals surface area contributed by atoms with Gasteiger partial charge < -0.3 is 9.32 Å². The van der Waals surface area contributed by atoms with Gasteiger partial charge in [0.1, 0.15) is 0 Å². The summed E-state index contributed by atoms with van der Waals surface area (Å²) in [5.74, 6) is 0.939. The summed E-state index contributed by atoms with van der Waals surface area (Å²) in [6, 6.07) is 0.247. The molecule has 1 aliphatic heterocycles. The van der Waals surface area contributed by atoms with E-state index < -0.39 is 9.84 Å². The third kappa shape index (κ3) is 5.44. The van der Waals surface area contributed by atoms with Crippen LogP contribution < -0.4 is 0 Å². The molecule has 0 bridgehead atoms. The molecule has 2 heterocycles. The van der Waals surface area contributed by atoms with Crippen molar-refractivity contribution in [3.05, 3.63) is 5.89 Å². The summed E-state index contributed by atoms with van der Waals surface area (Å²) in [7, 11) is -2.91. The van der Waals surface area contributed by atoms with E-state index in [1.54, 1.807) is 0 Å². The first-order valence-electron chi connectivity index (χ1n) is 8.60. The quantitative estimate of drug-likeness (QED) is 0.660. The minimum Gasteiger partial charge on any atom is -0.416 e. The number of hydrogen-bond donors (Lipinski definition) is 0. The van der Waals surface area contributed by atoms with Gasteiger partial charge >= 0.3 is 0 Å². The third-order valence-corrected chi connectivity index (χ3v) is 6.99. The molecular weight excluding hydrogens is 362 g/mol. The lowest BCUT2D eigenvalue weighted by Crippen LogP contribution is -2.45. The summed E-state index contributed by atoms with van der Waals surface area (Å²) < 4.78 is 28.6. The maximum atomic E-state index is 12.6. The molecule has 2 atom stereocenters. The molecule has 25 heavy (non-hydrogen) atoms. The van der Waals surface area contributed by atoms with Gasteiger partial charge in [0.15, 0.2) is 9.84 Å². The van der Waals surface area contributed by atoms with Crippen molar-refractivity contribution in [2.45, 2.75) is 70.0 Å². The van der Waals surface area contributed by atoms with Crippen molar-refractivity contribution in [1.29, 1.82) is 0 Å². The first-order valence-corrected chi connectivity index (χ1v) is 11.3. The largest absolute Gasteiger partial charge is 0.416 e. The van der Waals surface area contributed by atoms with Crippen molar-refractivity contribution in [3.63, 3.8) is 0 Å². The van der Waals surface area contributed by atoms with Crippen LogP contribution in [0.2, 0.25) is 0 Å². The molecule has 9 heteroatoms. The molecule has 1 aromatic heterocycles. The normalized spacial score (nSPS) is 21.0. The first kappa shape index (κ1) is 20.2. The lowest BCUT2D eigenvalue weighted by atomic mass is 10.1. The highest BCUT2D eigenvalue weighted by molar-refractivity contribution is 8.00. The Morgan fingerprint density at radius 2 is 1.88 bits per heavy atom. The predicted octanol–water partition coefficient (Wildman–Crippen LogP) is 2.17. The van der Waals surface area contributed by atoms with E-state index in [9.17, 15) is 13.2 Å². The lowest BCUT2D eigenvalue weighted by molar-refractivity contribution is -0.133. The number of hydrogen-bond acceptors (Lipinski definition) is 7. The highest BCUT2D eigenvalue weighted by Gasteiger charge is 2.30. The summed E-state index contributed by atoms with van der Waals surface area (Å²) in [6.45, 7) is 9.81. The second-order valence-electron chi connectivity index (χ2n) is 7.13. The summed E-state index contributed by atoms with van der Waals surface area (Å²) in [5.41, 5.74) is 0. The van der Waals surface area contributed by atoms with Crippen molar-refractivity contribution in [1.82, 2.24) is 15.1 Å². The molecule has 0 unspecified atom stereocenters. The minimum atomic E-state index is -2.91. The molecule has 1 amide bonds. The Balaban J connectivity index is 1.95. The molecule has 1 fully saturated rings. The number of thioether (sulfide) groups is 1. The maximum absolute atomic E-state index is 12.6. The Morgan fingerprint density at radius 3 is 2.40 bits per heavy atom. The van der Waals surface area contributed by atoms with E-state index in [1.165, 1.54) is 11.8 Å². The van der Waals surface area contributed by atoms with Gasteiger partial charge in [0.2, 0.25) is 11.8 Å².